The molecule has 0 N–H and O–H groups in total. The van der Waals surface area contributed by atoms with Crippen molar-refractivity contribution in [2.24, 2.45) is 0 Å². The summed E-state index contributed by atoms with van der Waals surface area (Å²) in [6.45, 7) is 1.98. The minimum absolute atomic E-state index is 0.166. The van der Waals surface area contributed by atoms with Crippen LogP contribution in [-0.2, 0) is 6.54 Å². The molecule has 8 heteroatoms. The molecule has 0 saturated heterocycles. The third kappa shape index (κ3) is 3.27. The maximum absolute atomic E-state index is 14.3. The van der Waals surface area contributed by atoms with Crippen LogP contribution in [0.2, 0.25) is 0 Å². The Balaban J connectivity index is 2.03. The highest BCUT2D eigenvalue weighted by molar-refractivity contribution is 5.27. The second kappa shape index (κ2) is 6.77. The van der Waals surface area contributed by atoms with Gasteiger partial charge in [0.1, 0.15) is 30.6 Å². The summed E-state index contributed by atoms with van der Waals surface area (Å²) in [5.74, 6) is -2.94. The molecule has 1 unspecified atom stereocenters. The first kappa shape index (κ1) is 16.1. The van der Waals surface area contributed by atoms with Crippen LogP contribution in [0.4, 0.5) is 13.2 Å². The number of aromatic nitrogens is 5. The van der Waals surface area contributed by atoms with Crippen LogP contribution in [-0.4, -0.2) is 24.7 Å². The van der Waals surface area contributed by atoms with E-state index in [4.69, 9.17) is 0 Å². The fraction of sp³-hybridized carbons (Fsp3) is 0.250. The van der Waals surface area contributed by atoms with E-state index in [0.717, 1.165) is 12.3 Å². The van der Waals surface area contributed by atoms with Crippen LogP contribution < -0.4 is 0 Å². The topological polar surface area (TPSA) is 56.5 Å². The highest BCUT2D eigenvalue weighted by Gasteiger charge is 2.27. The molecule has 2 atom stereocenters. The first-order valence-electron chi connectivity index (χ1n) is 7.29. The number of rotatable bonds is 5. The minimum atomic E-state index is -0.693. The molecule has 0 aliphatic rings. The Hall–Kier alpha value is -2.77. The first-order valence-corrected chi connectivity index (χ1v) is 7.29. The van der Waals surface area contributed by atoms with Gasteiger partial charge in [-0.25, -0.2) is 28.1 Å². The van der Waals surface area contributed by atoms with Crippen LogP contribution in [0.1, 0.15) is 30.0 Å². The summed E-state index contributed by atoms with van der Waals surface area (Å²) in [4.78, 5) is 11.5. The Labute approximate surface area is 136 Å². The van der Waals surface area contributed by atoms with Gasteiger partial charge in [-0.05, 0) is 11.6 Å². The van der Waals surface area contributed by atoms with Crippen LogP contribution >= 0.6 is 0 Å². The molecule has 24 heavy (non-hydrogen) atoms. The monoisotopic (exact) mass is 333 g/mol. The summed E-state index contributed by atoms with van der Waals surface area (Å²) in [5, 5.41) is 4.01. The van der Waals surface area contributed by atoms with Crippen molar-refractivity contribution < 1.29 is 13.2 Å². The molecule has 0 aliphatic heterocycles. The van der Waals surface area contributed by atoms with Crippen molar-refractivity contribution >= 4 is 0 Å². The third-order valence-corrected chi connectivity index (χ3v) is 3.94. The molecule has 3 aromatic rings. The normalized spacial score (nSPS) is 13.7. The molecule has 124 valence electrons. The van der Waals surface area contributed by atoms with Gasteiger partial charge in [0.25, 0.3) is 0 Å². The van der Waals surface area contributed by atoms with Gasteiger partial charge in [0.15, 0.2) is 5.82 Å². The highest BCUT2D eigenvalue weighted by Crippen LogP contribution is 2.35. The van der Waals surface area contributed by atoms with Crippen molar-refractivity contribution in [3.05, 3.63) is 72.1 Å². The average Bonchev–Trinajstić information content (AvgIpc) is 3.06. The van der Waals surface area contributed by atoms with E-state index in [9.17, 15) is 13.2 Å². The molecule has 0 radical (unpaired) electrons. The van der Waals surface area contributed by atoms with Gasteiger partial charge < -0.3 is 0 Å². The van der Waals surface area contributed by atoms with Gasteiger partial charge >= 0.3 is 0 Å². The van der Waals surface area contributed by atoms with E-state index < -0.39 is 29.3 Å². The van der Waals surface area contributed by atoms with Gasteiger partial charge in [0.2, 0.25) is 0 Å². The Kier molecular flexibility index (Phi) is 4.54. The molecule has 2 aromatic heterocycles. The van der Waals surface area contributed by atoms with Crippen LogP contribution in [0.25, 0.3) is 0 Å². The van der Waals surface area contributed by atoms with Crippen LogP contribution in [0.5, 0.6) is 0 Å². The molecule has 2 heterocycles. The standard InChI is InChI=1S/C16H14F3N5/c1-10(16-15(19)5-20-7-22-16)13(6-24-9-21-8-23-24)12-3-2-11(17)4-14(12)18/h2-5,7-10,13H,6H2,1H3/t10-,13?/m1/s1. The zero-order valence-electron chi connectivity index (χ0n) is 12.8. The summed E-state index contributed by atoms with van der Waals surface area (Å²) in [5.41, 5.74) is 0.427. The largest absolute Gasteiger partial charge is 0.252 e. The molecule has 0 saturated carbocycles. The predicted molar refractivity (Wildman–Crippen MR) is 79.5 cm³/mol. The predicted octanol–water partition coefficient (Wildman–Crippen LogP) is 3.07. The SMILES string of the molecule is C[C@@H](c1ncncc1F)C(Cn1cncn1)c1ccc(F)cc1F. The highest BCUT2D eigenvalue weighted by atomic mass is 19.1. The summed E-state index contributed by atoms with van der Waals surface area (Å²) < 4.78 is 43.1. The van der Waals surface area contributed by atoms with Gasteiger partial charge in [-0.1, -0.05) is 13.0 Å². The maximum atomic E-state index is 14.3. The number of benzene rings is 1. The Morgan fingerprint density at radius 2 is 1.92 bits per heavy atom. The molecule has 5 nitrogen and oxygen atoms in total. The van der Waals surface area contributed by atoms with Crippen molar-refractivity contribution in [2.45, 2.75) is 25.3 Å². The molecular weight excluding hydrogens is 319 g/mol. The molecule has 0 aliphatic carbocycles. The number of halogens is 3. The van der Waals surface area contributed by atoms with Crippen LogP contribution in [0.15, 0.2) is 43.4 Å². The molecule has 1 aromatic carbocycles. The van der Waals surface area contributed by atoms with Crippen molar-refractivity contribution in [1.29, 1.82) is 0 Å². The van der Waals surface area contributed by atoms with E-state index in [1.165, 1.54) is 35.8 Å². The van der Waals surface area contributed by atoms with Crippen molar-refractivity contribution in [3.63, 3.8) is 0 Å². The van der Waals surface area contributed by atoms with Crippen molar-refractivity contribution in [3.8, 4) is 0 Å². The summed E-state index contributed by atoms with van der Waals surface area (Å²) >= 11 is 0. The van der Waals surface area contributed by atoms with Gasteiger partial charge in [-0.2, -0.15) is 5.10 Å². The van der Waals surface area contributed by atoms with Gasteiger partial charge in [-0.3, -0.25) is 4.68 Å². The van der Waals surface area contributed by atoms with Crippen LogP contribution in [0.3, 0.4) is 0 Å². The Bertz CT molecular complexity index is 822. The summed E-state index contributed by atoms with van der Waals surface area (Å²) in [7, 11) is 0. The lowest BCUT2D eigenvalue weighted by Gasteiger charge is -2.24. The average molecular weight is 333 g/mol. The van der Waals surface area contributed by atoms with Gasteiger partial charge in [0.05, 0.1) is 18.4 Å². The lowest BCUT2D eigenvalue weighted by Crippen LogP contribution is -2.19. The molecule has 3 rings (SSSR count). The minimum Gasteiger partial charge on any atom is -0.252 e. The molecular formula is C16H14F3N5. The zero-order valence-corrected chi connectivity index (χ0v) is 12.8. The summed E-state index contributed by atoms with van der Waals surface area (Å²) in [6, 6.07) is 3.35. The van der Waals surface area contributed by atoms with E-state index >= 15 is 0 Å². The number of hydrogen-bond acceptors (Lipinski definition) is 4. The molecule has 0 bridgehead atoms. The number of hydrogen-bond donors (Lipinski definition) is 0. The fourth-order valence-corrected chi connectivity index (χ4v) is 2.70. The summed E-state index contributed by atoms with van der Waals surface area (Å²) in [6.07, 6.45) is 5.14. The lowest BCUT2D eigenvalue weighted by atomic mass is 9.84. The smallest absolute Gasteiger partial charge is 0.163 e. The molecule has 0 fully saturated rings. The molecule has 0 amide bonds. The van der Waals surface area contributed by atoms with Gasteiger partial charge in [0, 0.05) is 17.9 Å². The quantitative estimate of drug-likeness (QED) is 0.720. The van der Waals surface area contributed by atoms with E-state index in [1.807, 2.05) is 0 Å². The lowest BCUT2D eigenvalue weighted by molar-refractivity contribution is 0.424. The second-order valence-corrected chi connectivity index (χ2v) is 5.43. The maximum Gasteiger partial charge on any atom is 0.163 e. The molecule has 0 spiro atoms. The third-order valence-electron chi connectivity index (χ3n) is 3.94. The Morgan fingerprint density at radius 1 is 1.08 bits per heavy atom. The number of nitrogens with zero attached hydrogens (tertiary/aromatic N) is 5. The van der Waals surface area contributed by atoms with Gasteiger partial charge in [-0.15, -0.1) is 0 Å². The van der Waals surface area contributed by atoms with E-state index in [2.05, 4.69) is 20.1 Å². The van der Waals surface area contributed by atoms with Crippen LogP contribution in [0, 0.1) is 17.5 Å². The second-order valence-electron chi connectivity index (χ2n) is 5.43. The van der Waals surface area contributed by atoms with E-state index in [-0.39, 0.29) is 17.8 Å². The van der Waals surface area contributed by atoms with E-state index in [1.54, 1.807) is 6.92 Å². The van der Waals surface area contributed by atoms with E-state index in [0.29, 0.717) is 0 Å². The zero-order chi connectivity index (χ0) is 17.1. The van der Waals surface area contributed by atoms with Crippen molar-refractivity contribution in [2.75, 3.05) is 0 Å². The first-order chi connectivity index (χ1) is 11.6. The Morgan fingerprint density at radius 3 is 2.58 bits per heavy atom. The van der Waals surface area contributed by atoms with Crippen molar-refractivity contribution in [1.82, 2.24) is 24.7 Å². The fourth-order valence-electron chi connectivity index (χ4n) is 2.70.